The number of hydrogen-bond donors (Lipinski definition) is 1. The van der Waals surface area contributed by atoms with Gasteiger partial charge in [0.15, 0.2) is 16.6 Å². The molecule has 3 aliphatic rings. The van der Waals surface area contributed by atoms with E-state index in [0.717, 1.165) is 28.0 Å². The number of aromatic nitrogens is 2. The van der Waals surface area contributed by atoms with Gasteiger partial charge in [-0.3, -0.25) is 4.98 Å². The van der Waals surface area contributed by atoms with E-state index in [1.54, 1.807) is 0 Å². The third-order valence-corrected chi connectivity index (χ3v) is 7.59. The second kappa shape index (κ2) is 8.06. The summed E-state index contributed by atoms with van der Waals surface area (Å²) in [6.45, 7) is 4.65. The highest BCUT2D eigenvalue weighted by Gasteiger charge is 2.44. The SMILES string of the molecule is Cc1cc([C@H]2[C@@H](c3ccccn3)NC(=S)N2C2CCCC2)c(C)n1-c1ccc2c(c1)OCO2. The van der Waals surface area contributed by atoms with Crippen molar-refractivity contribution in [3.8, 4) is 17.2 Å². The van der Waals surface area contributed by atoms with Crippen LogP contribution in [0.2, 0.25) is 0 Å². The summed E-state index contributed by atoms with van der Waals surface area (Å²) in [7, 11) is 0. The molecule has 1 aromatic carbocycles. The summed E-state index contributed by atoms with van der Waals surface area (Å²) in [5, 5.41) is 4.47. The molecule has 0 radical (unpaired) electrons. The number of fused-ring (bicyclic) bond motifs is 1. The van der Waals surface area contributed by atoms with Gasteiger partial charge in [0.25, 0.3) is 0 Å². The van der Waals surface area contributed by atoms with Crippen molar-refractivity contribution >= 4 is 17.3 Å². The van der Waals surface area contributed by atoms with Crippen LogP contribution in [0.25, 0.3) is 5.69 Å². The van der Waals surface area contributed by atoms with Crippen LogP contribution >= 0.6 is 12.2 Å². The topological polar surface area (TPSA) is 51.6 Å². The van der Waals surface area contributed by atoms with E-state index in [2.05, 4.69) is 59.0 Å². The Morgan fingerprint density at radius 2 is 1.85 bits per heavy atom. The van der Waals surface area contributed by atoms with Crippen molar-refractivity contribution in [2.24, 2.45) is 0 Å². The molecule has 2 aliphatic heterocycles. The van der Waals surface area contributed by atoms with Gasteiger partial charge in [0, 0.05) is 35.4 Å². The van der Waals surface area contributed by atoms with E-state index in [1.807, 2.05) is 18.3 Å². The molecule has 0 bridgehead atoms. The van der Waals surface area contributed by atoms with Gasteiger partial charge >= 0.3 is 0 Å². The predicted molar refractivity (Wildman–Crippen MR) is 131 cm³/mol. The van der Waals surface area contributed by atoms with E-state index >= 15 is 0 Å². The standard InChI is InChI=1S/C26H28N4O2S/c1-16-13-20(17(2)29(16)19-10-11-22-23(14-19)32-15-31-22)25-24(21-9-5-6-12-27-21)28-26(33)30(25)18-7-3-4-8-18/h5-6,9-14,18,24-25H,3-4,7-8,15H2,1-2H3,(H,28,33)/t24-,25+/m1/s1. The smallest absolute Gasteiger partial charge is 0.231 e. The minimum atomic E-state index is 0.0185. The minimum absolute atomic E-state index is 0.0185. The maximum Gasteiger partial charge on any atom is 0.231 e. The van der Waals surface area contributed by atoms with Crippen LogP contribution in [0.1, 0.15) is 60.4 Å². The lowest BCUT2D eigenvalue weighted by atomic mass is 9.95. The lowest BCUT2D eigenvalue weighted by Crippen LogP contribution is -2.37. The second-order valence-electron chi connectivity index (χ2n) is 9.17. The Hall–Kier alpha value is -3.06. The molecule has 2 aromatic heterocycles. The molecule has 6 nitrogen and oxygen atoms in total. The zero-order valence-electron chi connectivity index (χ0n) is 19.0. The molecule has 1 N–H and O–H groups in total. The summed E-state index contributed by atoms with van der Waals surface area (Å²) in [4.78, 5) is 7.17. The molecule has 1 saturated carbocycles. The highest BCUT2D eigenvalue weighted by atomic mass is 32.1. The molecular weight excluding hydrogens is 432 g/mol. The van der Waals surface area contributed by atoms with Crippen molar-refractivity contribution in [2.45, 2.75) is 57.7 Å². The average molecular weight is 461 g/mol. The molecule has 2 fully saturated rings. The Morgan fingerprint density at radius 3 is 2.64 bits per heavy atom. The summed E-state index contributed by atoms with van der Waals surface area (Å²) < 4.78 is 13.5. The number of aryl methyl sites for hydroxylation is 1. The first-order chi connectivity index (χ1) is 16.1. The minimum Gasteiger partial charge on any atom is -0.454 e. The van der Waals surface area contributed by atoms with Crippen molar-refractivity contribution < 1.29 is 9.47 Å². The number of nitrogens with one attached hydrogen (secondary N) is 1. The van der Waals surface area contributed by atoms with Gasteiger partial charge in [-0.25, -0.2) is 0 Å². The molecule has 1 saturated heterocycles. The van der Waals surface area contributed by atoms with Crippen LogP contribution in [0.3, 0.4) is 0 Å². The molecule has 6 rings (SSSR count). The zero-order valence-corrected chi connectivity index (χ0v) is 19.8. The highest BCUT2D eigenvalue weighted by molar-refractivity contribution is 7.80. The predicted octanol–water partition coefficient (Wildman–Crippen LogP) is 5.13. The van der Waals surface area contributed by atoms with Gasteiger partial charge in [-0.1, -0.05) is 18.9 Å². The summed E-state index contributed by atoms with van der Waals surface area (Å²) >= 11 is 5.91. The van der Waals surface area contributed by atoms with Crippen LogP contribution in [-0.2, 0) is 0 Å². The average Bonchev–Trinajstić information content (AvgIpc) is 3.60. The summed E-state index contributed by atoms with van der Waals surface area (Å²) in [6.07, 6.45) is 6.77. The number of rotatable bonds is 4. The third-order valence-electron chi connectivity index (χ3n) is 7.26. The third kappa shape index (κ3) is 3.37. The molecule has 0 amide bonds. The Labute approximate surface area is 199 Å². The molecule has 1 aliphatic carbocycles. The fraction of sp³-hybridized carbons (Fsp3) is 0.385. The Balaban J connectivity index is 1.46. The van der Waals surface area contributed by atoms with E-state index in [0.29, 0.717) is 6.04 Å². The largest absolute Gasteiger partial charge is 0.454 e. The van der Waals surface area contributed by atoms with Gasteiger partial charge in [0.2, 0.25) is 6.79 Å². The van der Waals surface area contributed by atoms with Crippen LogP contribution < -0.4 is 14.8 Å². The second-order valence-corrected chi connectivity index (χ2v) is 9.56. The Kier molecular flexibility index (Phi) is 5.02. The lowest BCUT2D eigenvalue weighted by Gasteiger charge is -2.33. The monoisotopic (exact) mass is 460 g/mol. The first-order valence-electron chi connectivity index (χ1n) is 11.7. The molecule has 2 atom stereocenters. The van der Waals surface area contributed by atoms with Crippen molar-refractivity contribution in [3.05, 3.63) is 71.3 Å². The van der Waals surface area contributed by atoms with Crippen molar-refractivity contribution in [2.75, 3.05) is 6.79 Å². The van der Waals surface area contributed by atoms with E-state index in [4.69, 9.17) is 26.7 Å². The lowest BCUT2D eigenvalue weighted by molar-refractivity contribution is 0.174. The molecule has 170 valence electrons. The molecule has 7 heteroatoms. The van der Waals surface area contributed by atoms with E-state index < -0.39 is 0 Å². The number of nitrogens with zero attached hydrogens (tertiary/aromatic N) is 3. The highest BCUT2D eigenvalue weighted by Crippen LogP contribution is 2.45. The molecular formula is C26H28N4O2S. The van der Waals surface area contributed by atoms with Crippen LogP contribution in [0, 0.1) is 13.8 Å². The normalized spacial score (nSPS) is 22.2. The van der Waals surface area contributed by atoms with E-state index in [9.17, 15) is 0 Å². The maximum absolute atomic E-state index is 5.91. The fourth-order valence-corrected chi connectivity index (χ4v) is 6.17. The van der Waals surface area contributed by atoms with Gasteiger partial charge in [0.05, 0.1) is 17.8 Å². The number of thiocarbonyl (C=S) groups is 1. The van der Waals surface area contributed by atoms with Crippen molar-refractivity contribution in [1.29, 1.82) is 0 Å². The molecule has 4 heterocycles. The van der Waals surface area contributed by atoms with Gasteiger partial charge < -0.3 is 24.3 Å². The van der Waals surface area contributed by atoms with Gasteiger partial charge in [-0.15, -0.1) is 0 Å². The maximum atomic E-state index is 5.91. The Morgan fingerprint density at radius 1 is 1.03 bits per heavy atom. The van der Waals surface area contributed by atoms with Gasteiger partial charge in [0.1, 0.15) is 0 Å². The fourth-order valence-electron chi connectivity index (χ4n) is 5.78. The molecule has 0 spiro atoms. The number of hydrogen-bond acceptors (Lipinski definition) is 4. The van der Waals surface area contributed by atoms with Gasteiger partial charge in [-0.05, 0) is 74.8 Å². The van der Waals surface area contributed by atoms with Crippen molar-refractivity contribution in [3.63, 3.8) is 0 Å². The first kappa shape index (κ1) is 20.5. The molecule has 3 aromatic rings. The van der Waals surface area contributed by atoms with E-state index in [-0.39, 0.29) is 18.9 Å². The summed E-state index contributed by atoms with van der Waals surface area (Å²) in [5.41, 5.74) is 5.80. The van der Waals surface area contributed by atoms with Crippen LogP contribution in [-0.4, -0.2) is 32.4 Å². The summed E-state index contributed by atoms with van der Waals surface area (Å²) in [5.74, 6) is 1.60. The quantitative estimate of drug-likeness (QED) is 0.545. The molecule has 0 unspecified atom stereocenters. The Bertz CT molecular complexity index is 1200. The summed E-state index contributed by atoms with van der Waals surface area (Å²) in [6, 6.07) is 15.2. The van der Waals surface area contributed by atoms with Crippen molar-refractivity contribution in [1.82, 2.24) is 19.8 Å². The zero-order chi connectivity index (χ0) is 22.5. The van der Waals surface area contributed by atoms with Crippen LogP contribution in [0.5, 0.6) is 11.5 Å². The molecule has 33 heavy (non-hydrogen) atoms. The number of pyridine rings is 1. The first-order valence-corrected chi connectivity index (χ1v) is 12.1. The van der Waals surface area contributed by atoms with Crippen LogP contribution in [0.15, 0.2) is 48.7 Å². The van der Waals surface area contributed by atoms with Gasteiger partial charge in [-0.2, -0.15) is 0 Å². The van der Waals surface area contributed by atoms with Crippen LogP contribution in [0.4, 0.5) is 0 Å². The number of ether oxygens (including phenoxy) is 2. The van der Waals surface area contributed by atoms with E-state index in [1.165, 1.54) is 42.6 Å². The number of benzene rings is 1.